The Morgan fingerprint density at radius 2 is 1.17 bits per heavy atom. The number of hydrogen-bond acceptors (Lipinski definition) is 7. The number of carboxylic acids is 1. The Labute approximate surface area is 391 Å². The molecule has 0 saturated heterocycles. The van der Waals surface area contributed by atoms with E-state index in [1.54, 1.807) is 42.2 Å². The van der Waals surface area contributed by atoms with Crippen molar-refractivity contribution >= 4 is 40.7 Å². The van der Waals surface area contributed by atoms with Gasteiger partial charge in [-0.25, -0.2) is 14.4 Å². The van der Waals surface area contributed by atoms with Gasteiger partial charge in [-0.1, -0.05) is 83.6 Å². The molecule has 2 heterocycles. The third-order valence-electron chi connectivity index (χ3n) is 11.3. The lowest BCUT2D eigenvalue weighted by Gasteiger charge is -2.25. The van der Waals surface area contributed by atoms with Crippen molar-refractivity contribution in [2.45, 2.75) is 117 Å². The van der Waals surface area contributed by atoms with Crippen molar-refractivity contribution in [3.8, 4) is 23.7 Å². The van der Waals surface area contributed by atoms with Gasteiger partial charge in [0.25, 0.3) is 0 Å². The van der Waals surface area contributed by atoms with Crippen LogP contribution in [0.1, 0.15) is 133 Å². The second kappa shape index (κ2) is 22.6. The molecular weight excluding hydrogens is 866 g/mol. The van der Waals surface area contributed by atoms with Crippen LogP contribution in [-0.2, 0) is 29.0 Å². The van der Waals surface area contributed by atoms with Gasteiger partial charge in [0, 0.05) is 20.0 Å². The largest absolute Gasteiger partial charge is 0.481 e. The fourth-order valence-corrected chi connectivity index (χ4v) is 7.74. The van der Waals surface area contributed by atoms with Gasteiger partial charge in [-0.05, 0) is 150 Å². The van der Waals surface area contributed by atoms with Crippen molar-refractivity contribution in [3.05, 3.63) is 140 Å². The molecule has 0 bridgehead atoms. The summed E-state index contributed by atoms with van der Waals surface area (Å²) in [5.41, 5.74) is 4.55. The highest BCUT2D eigenvalue weighted by Gasteiger charge is 2.28. The minimum Gasteiger partial charge on any atom is -0.481 e. The van der Waals surface area contributed by atoms with E-state index in [9.17, 15) is 29.0 Å². The number of benzene rings is 3. The molecular formula is C52H57Cl2FN4O6. The van der Waals surface area contributed by atoms with Crippen LogP contribution in [0.3, 0.4) is 0 Å². The number of aromatic nitrogens is 4. The number of hydrogen-bond donors (Lipinski definition) is 2. The van der Waals surface area contributed by atoms with Crippen LogP contribution in [0.2, 0.25) is 10.6 Å². The van der Waals surface area contributed by atoms with Crippen molar-refractivity contribution in [2.24, 2.45) is 11.8 Å². The number of carboxylic acid groups (broad SMARTS) is 1. The molecule has 1 saturated carbocycles. The number of ether oxygens (including phenoxy) is 1. The number of halogens is 3. The topological polar surface area (TPSA) is 137 Å². The average molecular weight is 924 g/mol. The van der Waals surface area contributed by atoms with Crippen molar-refractivity contribution in [1.29, 1.82) is 0 Å². The maximum Gasteiger partial charge on any atom is 0.306 e. The third-order valence-corrected chi connectivity index (χ3v) is 11.9. The SMILES string of the molecule is COC(C)(C)C#Cc1nc(Cl)n(Cc2ccc(F)cc2)c1C(=O)CCc1ccc(C)cc1.Cc1ccc(Cn2c(Cl)nc(C#CC(C)(C)O)c2C(=O)CCC2CCC(C(=O)O)CC2)cc1. The van der Waals surface area contributed by atoms with E-state index in [-0.39, 0.29) is 52.5 Å². The molecule has 1 aliphatic carbocycles. The van der Waals surface area contributed by atoms with E-state index in [4.69, 9.17) is 27.9 Å². The molecule has 2 N–H and O–H groups in total. The van der Waals surface area contributed by atoms with Gasteiger partial charge in [0.15, 0.2) is 11.6 Å². The maximum atomic E-state index is 13.3. The van der Waals surface area contributed by atoms with Crippen molar-refractivity contribution < 1.29 is 33.7 Å². The first kappa shape index (κ1) is 50.4. The summed E-state index contributed by atoms with van der Waals surface area (Å²) in [7, 11) is 1.57. The number of Topliss-reactive ketones (excluding diaryl/α,β-unsaturated/α-hetero) is 2. The van der Waals surface area contributed by atoms with Crippen LogP contribution in [-0.4, -0.2) is 65.2 Å². The van der Waals surface area contributed by atoms with Gasteiger partial charge in [-0.3, -0.25) is 14.4 Å². The Kier molecular flexibility index (Phi) is 17.5. The van der Waals surface area contributed by atoms with Gasteiger partial charge in [0.1, 0.15) is 39.8 Å². The Morgan fingerprint density at radius 1 is 0.723 bits per heavy atom. The average Bonchev–Trinajstić information content (AvgIpc) is 3.76. The van der Waals surface area contributed by atoms with Crippen LogP contribution in [0, 0.1) is 55.2 Å². The summed E-state index contributed by atoms with van der Waals surface area (Å²) in [6.07, 6.45) is 4.84. The van der Waals surface area contributed by atoms with Gasteiger partial charge < -0.3 is 24.1 Å². The van der Waals surface area contributed by atoms with Crippen molar-refractivity contribution in [1.82, 2.24) is 19.1 Å². The molecule has 0 amide bonds. The first-order chi connectivity index (χ1) is 30.7. The van der Waals surface area contributed by atoms with Crippen LogP contribution in [0.4, 0.5) is 4.39 Å². The number of carbonyl (C=O) groups excluding carboxylic acids is 2. The minimum atomic E-state index is -1.23. The molecule has 5 aromatic rings. The quantitative estimate of drug-likeness (QED) is 0.0830. The predicted molar refractivity (Wildman–Crippen MR) is 252 cm³/mol. The molecule has 0 spiro atoms. The second-order valence-electron chi connectivity index (χ2n) is 17.6. The summed E-state index contributed by atoms with van der Waals surface area (Å²) < 4.78 is 22.0. The number of ketones is 2. The molecule has 342 valence electrons. The smallest absolute Gasteiger partial charge is 0.306 e. The fraction of sp³-hybridized carbons (Fsp3) is 0.404. The van der Waals surface area contributed by atoms with Gasteiger partial charge in [-0.15, -0.1) is 0 Å². The Bertz CT molecular complexity index is 2580. The normalized spacial score (nSPS) is 14.9. The van der Waals surface area contributed by atoms with Crippen molar-refractivity contribution in [2.75, 3.05) is 7.11 Å². The van der Waals surface area contributed by atoms with E-state index in [1.165, 1.54) is 17.7 Å². The summed E-state index contributed by atoms with van der Waals surface area (Å²) in [4.78, 5) is 46.5. The summed E-state index contributed by atoms with van der Waals surface area (Å²) in [6, 6.07) is 22.2. The summed E-state index contributed by atoms with van der Waals surface area (Å²) in [5.74, 6) is 10.4. The number of carbonyl (C=O) groups is 3. The highest BCUT2D eigenvalue weighted by atomic mass is 35.5. The van der Waals surface area contributed by atoms with Crippen LogP contribution in [0.25, 0.3) is 0 Å². The third kappa shape index (κ3) is 15.0. The molecule has 6 rings (SSSR count). The highest BCUT2D eigenvalue weighted by molar-refractivity contribution is 6.29. The Balaban J connectivity index is 0.000000244. The zero-order valence-electron chi connectivity index (χ0n) is 38.1. The lowest BCUT2D eigenvalue weighted by atomic mass is 9.79. The summed E-state index contributed by atoms with van der Waals surface area (Å²) in [5, 5.41) is 19.5. The molecule has 2 aromatic heterocycles. The molecule has 10 nitrogen and oxygen atoms in total. The standard InChI is InChI=1S/C26H26ClFN2O2.C26H31ClN2O4/c1-18-5-7-19(8-6-18)11-14-23(31)24-22(15-16-26(2,3)32-4)29-25(27)30(24)17-20-9-12-21(28)13-10-20;1-17-4-6-19(7-5-17)16-29-23(21(28-25(29)27)14-15-26(2,3)33)22(30)13-10-18-8-11-20(12-9-18)24(31)32/h5-10,12-13H,11,14,17H2,1-4H3;4-7,18,20,33H,8-13,16H2,1-3H3,(H,31,32). The highest BCUT2D eigenvalue weighted by Crippen LogP contribution is 2.33. The zero-order valence-corrected chi connectivity index (χ0v) is 39.6. The van der Waals surface area contributed by atoms with Crippen LogP contribution in [0.5, 0.6) is 0 Å². The molecule has 65 heavy (non-hydrogen) atoms. The van der Waals surface area contributed by atoms with E-state index in [2.05, 4.69) is 33.6 Å². The minimum absolute atomic E-state index is 0.0954. The van der Waals surface area contributed by atoms with E-state index in [0.717, 1.165) is 35.1 Å². The van der Waals surface area contributed by atoms with Crippen LogP contribution >= 0.6 is 23.2 Å². The number of aliphatic hydroxyl groups is 1. The molecule has 1 fully saturated rings. The van der Waals surface area contributed by atoms with Gasteiger partial charge in [0.05, 0.1) is 19.0 Å². The molecule has 3 aromatic carbocycles. The molecule has 0 atom stereocenters. The summed E-state index contributed by atoms with van der Waals surface area (Å²) in [6.45, 7) is 11.5. The van der Waals surface area contributed by atoms with Crippen molar-refractivity contribution in [3.63, 3.8) is 0 Å². The van der Waals surface area contributed by atoms with Gasteiger partial charge in [-0.2, -0.15) is 0 Å². The molecule has 13 heteroatoms. The molecule has 0 aliphatic heterocycles. The second-order valence-corrected chi connectivity index (χ2v) is 18.3. The molecule has 0 radical (unpaired) electrons. The predicted octanol–water partition coefficient (Wildman–Crippen LogP) is 10.5. The van der Waals surface area contributed by atoms with E-state index in [0.29, 0.717) is 61.6 Å². The first-order valence-corrected chi connectivity index (χ1v) is 22.5. The number of aliphatic carboxylic acids is 1. The van der Waals surface area contributed by atoms with E-state index >= 15 is 0 Å². The monoisotopic (exact) mass is 922 g/mol. The fourth-order valence-electron chi connectivity index (χ4n) is 7.28. The van der Waals surface area contributed by atoms with Gasteiger partial charge in [0.2, 0.25) is 10.6 Å². The van der Waals surface area contributed by atoms with Crippen LogP contribution < -0.4 is 0 Å². The lowest BCUT2D eigenvalue weighted by molar-refractivity contribution is -0.143. The van der Waals surface area contributed by atoms with Gasteiger partial charge >= 0.3 is 5.97 Å². The Hall–Kier alpha value is -5.56. The van der Waals surface area contributed by atoms with E-state index < -0.39 is 17.2 Å². The number of methoxy groups -OCH3 is 1. The summed E-state index contributed by atoms with van der Waals surface area (Å²) >= 11 is 12.9. The number of aryl methyl sites for hydroxylation is 3. The van der Waals surface area contributed by atoms with Crippen LogP contribution in [0.15, 0.2) is 72.8 Å². The maximum absolute atomic E-state index is 13.3. The molecule has 1 aliphatic rings. The first-order valence-electron chi connectivity index (χ1n) is 21.7. The Morgan fingerprint density at radius 3 is 1.63 bits per heavy atom. The number of rotatable bonds is 14. The lowest BCUT2D eigenvalue weighted by Crippen LogP contribution is -2.22. The number of nitrogens with zero attached hydrogens (tertiary/aromatic N) is 4. The zero-order chi connectivity index (χ0) is 47.5. The molecule has 0 unspecified atom stereocenters. The number of imidazole rings is 2. The van der Waals surface area contributed by atoms with E-state index in [1.807, 2.05) is 76.2 Å².